The zero-order valence-electron chi connectivity index (χ0n) is 18.2. The van der Waals surface area contributed by atoms with E-state index in [0.717, 1.165) is 37.0 Å². The second kappa shape index (κ2) is 11.5. The number of hydrogen-bond donors (Lipinski definition) is 2. The average Bonchev–Trinajstić information content (AvgIpc) is 3.45. The number of aliphatic imine (C=N–C) groups is 1. The predicted molar refractivity (Wildman–Crippen MR) is 117 cm³/mol. The molecule has 1 aliphatic rings. The molecule has 0 amide bonds. The van der Waals surface area contributed by atoms with Crippen molar-refractivity contribution in [2.75, 3.05) is 31.6 Å². The molecule has 0 aliphatic heterocycles. The zero-order valence-corrected chi connectivity index (χ0v) is 18.2. The van der Waals surface area contributed by atoms with Crippen molar-refractivity contribution < 1.29 is 14.0 Å². The molecule has 2 N–H and O–H groups in total. The maximum absolute atomic E-state index is 5.70. The van der Waals surface area contributed by atoms with Crippen LogP contribution in [0.25, 0.3) is 0 Å². The molecular weight excluding hydrogens is 382 g/mol. The van der Waals surface area contributed by atoms with Crippen molar-refractivity contribution in [1.82, 2.24) is 15.5 Å². The molecule has 8 nitrogen and oxygen atoms in total. The fraction of sp³-hybridized carbons (Fsp3) is 0.591. The molecule has 0 atom stereocenters. The molecular formula is C22H33N5O3. The van der Waals surface area contributed by atoms with Gasteiger partial charge in [0.1, 0.15) is 5.75 Å². The Balaban J connectivity index is 1.49. The highest BCUT2D eigenvalue weighted by Gasteiger charge is 2.20. The highest BCUT2D eigenvalue weighted by molar-refractivity contribution is 5.93. The second-order valence-corrected chi connectivity index (χ2v) is 7.83. The fourth-order valence-electron chi connectivity index (χ4n) is 2.79. The van der Waals surface area contributed by atoms with Gasteiger partial charge in [-0.05, 0) is 70.2 Å². The minimum absolute atomic E-state index is 0.151. The topological polar surface area (TPSA) is 93.8 Å². The van der Waals surface area contributed by atoms with Crippen molar-refractivity contribution in [2.24, 2.45) is 10.9 Å². The third kappa shape index (κ3) is 8.41. The molecule has 1 aromatic heterocycles. The summed E-state index contributed by atoms with van der Waals surface area (Å²) in [7, 11) is 0. The van der Waals surface area contributed by atoms with E-state index in [2.05, 4.69) is 25.8 Å². The lowest BCUT2D eigenvalue weighted by Crippen LogP contribution is -2.32. The summed E-state index contributed by atoms with van der Waals surface area (Å²) in [6.45, 7) is 8.80. The van der Waals surface area contributed by atoms with Crippen molar-refractivity contribution >= 4 is 11.6 Å². The van der Waals surface area contributed by atoms with Crippen molar-refractivity contribution in [3.63, 3.8) is 0 Å². The van der Waals surface area contributed by atoms with Crippen LogP contribution in [0.15, 0.2) is 33.8 Å². The monoisotopic (exact) mass is 415 g/mol. The van der Waals surface area contributed by atoms with Gasteiger partial charge in [-0.25, -0.2) is 0 Å². The SMILES string of the molecule is Cc1noc(CCNC(=NCCCOCC2CC2)Nc2ccc(OC(C)C)cc2)n1. The number of nitrogens with zero attached hydrogens (tertiary/aromatic N) is 3. The van der Waals surface area contributed by atoms with Gasteiger partial charge in [0.15, 0.2) is 11.8 Å². The molecule has 1 fully saturated rings. The number of guanidine groups is 1. The van der Waals surface area contributed by atoms with Gasteiger partial charge in [-0.15, -0.1) is 0 Å². The van der Waals surface area contributed by atoms with Gasteiger partial charge in [0.2, 0.25) is 5.89 Å². The van der Waals surface area contributed by atoms with Gasteiger partial charge in [0.05, 0.1) is 6.10 Å². The molecule has 164 valence electrons. The number of ether oxygens (including phenoxy) is 2. The number of anilines is 1. The molecule has 0 bridgehead atoms. The summed E-state index contributed by atoms with van der Waals surface area (Å²) in [5, 5.41) is 10.5. The van der Waals surface area contributed by atoms with Crippen LogP contribution in [-0.4, -0.2) is 48.5 Å². The predicted octanol–water partition coefficient (Wildman–Crippen LogP) is 3.58. The van der Waals surface area contributed by atoms with E-state index in [1.807, 2.05) is 45.0 Å². The Morgan fingerprint density at radius 2 is 2.07 bits per heavy atom. The van der Waals surface area contributed by atoms with Crippen LogP contribution in [0.2, 0.25) is 0 Å². The number of aryl methyl sites for hydroxylation is 1. The first kappa shape index (κ1) is 22.1. The van der Waals surface area contributed by atoms with Crippen molar-refractivity contribution in [2.45, 2.75) is 52.6 Å². The van der Waals surface area contributed by atoms with Crippen LogP contribution < -0.4 is 15.4 Å². The lowest BCUT2D eigenvalue weighted by atomic mass is 10.3. The van der Waals surface area contributed by atoms with E-state index in [1.54, 1.807) is 0 Å². The first-order valence-corrected chi connectivity index (χ1v) is 10.8. The van der Waals surface area contributed by atoms with Gasteiger partial charge in [-0.2, -0.15) is 4.98 Å². The number of benzene rings is 1. The maximum Gasteiger partial charge on any atom is 0.228 e. The van der Waals surface area contributed by atoms with E-state index in [1.165, 1.54) is 12.8 Å². The summed E-state index contributed by atoms with van der Waals surface area (Å²) >= 11 is 0. The molecule has 2 aromatic rings. The van der Waals surface area contributed by atoms with Crippen LogP contribution in [0, 0.1) is 12.8 Å². The molecule has 8 heteroatoms. The molecule has 0 radical (unpaired) electrons. The average molecular weight is 416 g/mol. The summed E-state index contributed by atoms with van der Waals surface area (Å²) in [5.41, 5.74) is 0.941. The highest BCUT2D eigenvalue weighted by atomic mass is 16.5. The Kier molecular flexibility index (Phi) is 8.50. The molecule has 1 heterocycles. The van der Waals surface area contributed by atoms with Crippen molar-refractivity contribution in [3.05, 3.63) is 36.0 Å². The highest BCUT2D eigenvalue weighted by Crippen LogP contribution is 2.28. The summed E-state index contributed by atoms with van der Waals surface area (Å²) < 4.78 is 16.6. The largest absolute Gasteiger partial charge is 0.491 e. The Hall–Kier alpha value is -2.61. The first-order valence-electron chi connectivity index (χ1n) is 10.8. The summed E-state index contributed by atoms with van der Waals surface area (Å²) in [6.07, 6.45) is 4.31. The van der Waals surface area contributed by atoms with Crippen LogP contribution in [0.1, 0.15) is 44.8 Å². The second-order valence-electron chi connectivity index (χ2n) is 7.83. The van der Waals surface area contributed by atoms with Gasteiger partial charge in [0, 0.05) is 38.4 Å². The summed E-state index contributed by atoms with van der Waals surface area (Å²) in [4.78, 5) is 8.91. The Labute approximate surface area is 178 Å². The molecule has 30 heavy (non-hydrogen) atoms. The molecule has 0 spiro atoms. The quantitative estimate of drug-likeness (QED) is 0.311. The van der Waals surface area contributed by atoms with E-state index in [4.69, 9.17) is 14.0 Å². The minimum atomic E-state index is 0.151. The lowest BCUT2D eigenvalue weighted by Gasteiger charge is -2.14. The van der Waals surface area contributed by atoms with Gasteiger partial charge >= 0.3 is 0 Å². The Bertz CT molecular complexity index is 784. The van der Waals surface area contributed by atoms with E-state index < -0.39 is 0 Å². The normalized spacial score (nSPS) is 14.2. The molecule has 0 unspecified atom stereocenters. The molecule has 3 rings (SSSR count). The van der Waals surface area contributed by atoms with E-state index in [0.29, 0.717) is 37.2 Å². The molecule has 0 saturated heterocycles. The number of hydrogen-bond acceptors (Lipinski definition) is 6. The lowest BCUT2D eigenvalue weighted by molar-refractivity contribution is 0.123. The van der Waals surface area contributed by atoms with E-state index >= 15 is 0 Å². The van der Waals surface area contributed by atoms with Crippen LogP contribution >= 0.6 is 0 Å². The summed E-state index contributed by atoms with van der Waals surface area (Å²) in [6, 6.07) is 7.86. The van der Waals surface area contributed by atoms with Crippen LogP contribution in [0.5, 0.6) is 5.75 Å². The van der Waals surface area contributed by atoms with Gasteiger partial charge < -0.3 is 24.6 Å². The van der Waals surface area contributed by atoms with Gasteiger partial charge in [-0.3, -0.25) is 4.99 Å². The van der Waals surface area contributed by atoms with Crippen molar-refractivity contribution in [3.8, 4) is 5.75 Å². The smallest absolute Gasteiger partial charge is 0.228 e. The van der Waals surface area contributed by atoms with Gasteiger partial charge in [-0.1, -0.05) is 5.16 Å². The zero-order chi connectivity index (χ0) is 21.2. The number of aromatic nitrogens is 2. The fourth-order valence-corrected chi connectivity index (χ4v) is 2.79. The first-order chi connectivity index (χ1) is 14.6. The van der Waals surface area contributed by atoms with Crippen molar-refractivity contribution in [1.29, 1.82) is 0 Å². The van der Waals surface area contributed by atoms with Crippen LogP contribution in [0.4, 0.5) is 5.69 Å². The van der Waals surface area contributed by atoms with Crippen LogP contribution in [0.3, 0.4) is 0 Å². The molecule has 1 saturated carbocycles. The Morgan fingerprint density at radius 3 is 2.73 bits per heavy atom. The summed E-state index contributed by atoms with van der Waals surface area (Å²) in [5.74, 6) is 3.62. The Morgan fingerprint density at radius 1 is 1.27 bits per heavy atom. The van der Waals surface area contributed by atoms with E-state index in [-0.39, 0.29) is 6.10 Å². The molecule has 1 aromatic carbocycles. The minimum Gasteiger partial charge on any atom is -0.491 e. The third-order valence-corrected chi connectivity index (χ3v) is 4.46. The maximum atomic E-state index is 5.70. The number of nitrogens with one attached hydrogen (secondary N) is 2. The number of rotatable bonds is 12. The van der Waals surface area contributed by atoms with Gasteiger partial charge in [0.25, 0.3) is 0 Å². The standard InChI is InChI=1S/C22H33N5O3/c1-16(2)29-20-9-7-19(8-10-20)26-22(23-12-4-14-28-15-18-5-6-18)24-13-11-21-25-17(3)27-30-21/h7-10,16,18H,4-6,11-15H2,1-3H3,(H2,23,24,26). The third-order valence-electron chi connectivity index (χ3n) is 4.46. The van der Waals surface area contributed by atoms with Crippen LogP contribution in [-0.2, 0) is 11.2 Å². The molecule has 1 aliphatic carbocycles. The van der Waals surface area contributed by atoms with E-state index in [9.17, 15) is 0 Å².